The Morgan fingerprint density at radius 3 is 2.70 bits per heavy atom. The highest BCUT2D eigenvalue weighted by atomic mass is 16.3. The quantitative estimate of drug-likeness (QED) is 0.862. The Morgan fingerprint density at radius 1 is 1.25 bits per heavy atom. The van der Waals surface area contributed by atoms with E-state index in [9.17, 15) is 9.90 Å². The maximum absolute atomic E-state index is 12.1. The SMILES string of the molecule is CCCCC(=O)N1Cc2ccc(C(O)CCC)cc2C1. The van der Waals surface area contributed by atoms with Crippen molar-refractivity contribution in [3.05, 3.63) is 34.9 Å². The third-order valence-electron chi connectivity index (χ3n) is 4.00. The Balaban J connectivity index is 2.03. The number of hydrogen-bond acceptors (Lipinski definition) is 2. The van der Waals surface area contributed by atoms with E-state index < -0.39 is 0 Å². The van der Waals surface area contributed by atoms with E-state index in [4.69, 9.17) is 0 Å². The van der Waals surface area contributed by atoms with Crippen molar-refractivity contribution in [3.63, 3.8) is 0 Å². The number of aliphatic hydroxyl groups is 1. The molecule has 1 aromatic carbocycles. The summed E-state index contributed by atoms with van der Waals surface area (Å²) in [4.78, 5) is 14.0. The summed E-state index contributed by atoms with van der Waals surface area (Å²) in [6.45, 7) is 5.60. The van der Waals surface area contributed by atoms with Crippen molar-refractivity contribution in [2.75, 3.05) is 0 Å². The van der Waals surface area contributed by atoms with Crippen LogP contribution in [0, 0.1) is 0 Å². The summed E-state index contributed by atoms with van der Waals surface area (Å²) in [6.07, 6.45) is 4.05. The van der Waals surface area contributed by atoms with Gasteiger partial charge in [0.05, 0.1) is 6.10 Å². The van der Waals surface area contributed by atoms with E-state index in [1.807, 2.05) is 11.0 Å². The molecule has 0 aromatic heterocycles. The summed E-state index contributed by atoms with van der Waals surface area (Å²) in [5.74, 6) is 0.249. The molecular weight excluding hydrogens is 250 g/mol. The first-order valence-corrected chi connectivity index (χ1v) is 7.73. The van der Waals surface area contributed by atoms with Gasteiger partial charge in [-0.05, 0) is 29.5 Å². The third kappa shape index (κ3) is 3.40. The van der Waals surface area contributed by atoms with Crippen molar-refractivity contribution < 1.29 is 9.90 Å². The van der Waals surface area contributed by atoms with Crippen LogP contribution in [0.4, 0.5) is 0 Å². The van der Waals surface area contributed by atoms with Gasteiger partial charge in [-0.15, -0.1) is 0 Å². The maximum atomic E-state index is 12.1. The van der Waals surface area contributed by atoms with E-state index in [0.717, 1.165) is 37.8 Å². The number of amides is 1. The number of benzene rings is 1. The second-order valence-corrected chi connectivity index (χ2v) is 5.69. The molecule has 110 valence electrons. The molecule has 20 heavy (non-hydrogen) atoms. The fourth-order valence-corrected chi connectivity index (χ4v) is 2.72. The molecule has 1 unspecified atom stereocenters. The summed E-state index contributed by atoms with van der Waals surface area (Å²) in [6, 6.07) is 6.14. The number of carbonyl (C=O) groups is 1. The first-order valence-electron chi connectivity index (χ1n) is 7.73. The molecule has 0 bridgehead atoms. The molecule has 1 amide bonds. The Kier molecular flexibility index (Phi) is 5.18. The molecule has 1 N–H and O–H groups in total. The Bertz CT molecular complexity index is 470. The molecule has 2 rings (SSSR count). The fraction of sp³-hybridized carbons (Fsp3) is 0.588. The van der Waals surface area contributed by atoms with Gasteiger partial charge >= 0.3 is 0 Å². The van der Waals surface area contributed by atoms with Gasteiger partial charge in [-0.3, -0.25) is 4.79 Å². The van der Waals surface area contributed by atoms with Gasteiger partial charge < -0.3 is 10.0 Å². The van der Waals surface area contributed by atoms with Gasteiger partial charge in [0.2, 0.25) is 5.91 Å². The van der Waals surface area contributed by atoms with Crippen LogP contribution in [0.15, 0.2) is 18.2 Å². The van der Waals surface area contributed by atoms with E-state index >= 15 is 0 Å². The summed E-state index contributed by atoms with van der Waals surface area (Å²) < 4.78 is 0. The molecule has 0 saturated heterocycles. The molecule has 0 saturated carbocycles. The maximum Gasteiger partial charge on any atom is 0.223 e. The van der Waals surface area contributed by atoms with E-state index in [-0.39, 0.29) is 12.0 Å². The van der Waals surface area contributed by atoms with E-state index in [1.54, 1.807) is 0 Å². The minimum Gasteiger partial charge on any atom is -0.388 e. The minimum atomic E-state index is -0.379. The molecule has 1 aromatic rings. The molecular formula is C17H25NO2. The highest BCUT2D eigenvalue weighted by Gasteiger charge is 2.23. The van der Waals surface area contributed by atoms with Gasteiger partial charge in [0.25, 0.3) is 0 Å². The summed E-state index contributed by atoms with van der Waals surface area (Å²) in [7, 11) is 0. The largest absolute Gasteiger partial charge is 0.388 e. The van der Waals surface area contributed by atoms with Gasteiger partial charge in [0.1, 0.15) is 0 Å². The van der Waals surface area contributed by atoms with Crippen LogP contribution in [0.2, 0.25) is 0 Å². The monoisotopic (exact) mass is 275 g/mol. The van der Waals surface area contributed by atoms with Gasteiger partial charge in [-0.25, -0.2) is 0 Å². The van der Waals surface area contributed by atoms with Crippen LogP contribution in [0.5, 0.6) is 0 Å². The lowest BCUT2D eigenvalue weighted by Gasteiger charge is -2.14. The number of nitrogens with zero attached hydrogens (tertiary/aromatic N) is 1. The number of carbonyl (C=O) groups excluding carboxylic acids is 1. The summed E-state index contributed by atoms with van der Waals surface area (Å²) in [5.41, 5.74) is 3.40. The lowest BCUT2D eigenvalue weighted by Crippen LogP contribution is -2.24. The molecule has 3 heteroatoms. The predicted octanol–water partition coefficient (Wildman–Crippen LogP) is 3.55. The van der Waals surface area contributed by atoms with E-state index in [2.05, 4.69) is 26.0 Å². The van der Waals surface area contributed by atoms with Crippen molar-refractivity contribution >= 4 is 5.91 Å². The van der Waals surface area contributed by atoms with Crippen molar-refractivity contribution in [2.24, 2.45) is 0 Å². The fourth-order valence-electron chi connectivity index (χ4n) is 2.72. The second-order valence-electron chi connectivity index (χ2n) is 5.69. The number of aliphatic hydroxyl groups excluding tert-OH is 1. The van der Waals surface area contributed by atoms with Crippen molar-refractivity contribution in [3.8, 4) is 0 Å². The molecule has 1 aliphatic heterocycles. The summed E-state index contributed by atoms with van der Waals surface area (Å²) >= 11 is 0. The topological polar surface area (TPSA) is 40.5 Å². The van der Waals surface area contributed by atoms with Crippen LogP contribution < -0.4 is 0 Å². The summed E-state index contributed by atoms with van der Waals surface area (Å²) in [5, 5.41) is 10.1. The van der Waals surface area contributed by atoms with Gasteiger partial charge in [-0.1, -0.05) is 44.9 Å². The Labute approximate surface area is 121 Å². The van der Waals surface area contributed by atoms with E-state index in [0.29, 0.717) is 13.0 Å². The number of unbranched alkanes of at least 4 members (excludes halogenated alkanes) is 1. The zero-order valence-electron chi connectivity index (χ0n) is 12.6. The zero-order valence-corrected chi connectivity index (χ0v) is 12.6. The first-order chi connectivity index (χ1) is 9.65. The first kappa shape index (κ1) is 15.0. The Morgan fingerprint density at radius 2 is 2.00 bits per heavy atom. The van der Waals surface area contributed by atoms with Crippen LogP contribution in [0.25, 0.3) is 0 Å². The zero-order chi connectivity index (χ0) is 14.5. The van der Waals surface area contributed by atoms with Crippen molar-refractivity contribution in [1.29, 1.82) is 0 Å². The van der Waals surface area contributed by atoms with Crippen LogP contribution in [0.3, 0.4) is 0 Å². The number of rotatable bonds is 6. The predicted molar refractivity (Wildman–Crippen MR) is 80.1 cm³/mol. The molecule has 0 fully saturated rings. The van der Waals surface area contributed by atoms with Gasteiger partial charge in [-0.2, -0.15) is 0 Å². The molecule has 1 aliphatic rings. The molecule has 0 aliphatic carbocycles. The lowest BCUT2D eigenvalue weighted by atomic mass is 10.0. The van der Waals surface area contributed by atoms with Crippen LogP contribution in [-0.4, -0.2) is 15.9 Å². The van der Waals surface area contributed by atoms with Crippen molar-refractivity contribution in [2.45, 2.75) is 65.1 Å². The van der Waals surface area contributed by atoms with Crippen LogP contribution in [0.1, 0.15) is 68.7 Å². The minimum absolute atomic E-state index is 0.249. The standard InChI is InChI=1S/C17H25NO2/c1-3-5-7-17(20)18-11-14-9-8-13(10-15(14)12-18)16(19)6-4-2/h8-10,16,19H,3-7,11-12H2,1-2H3. The normalized spacial score (nSPS) is 15.2. The second kappa shape index (κ2) is 6.89. The number of hydrogen-bond donors (Lipinski definition) is 1. The van der Waals surface area contributed by atoms with E-state index in [1.165, 1.54) is 11.1 Å². The highest BCUT2D eigenvalue weighted by Crippen LogP contribution is 2.28. The molecule has 0 radical (unpaired) electrons. The third-order valence-corrected chi connectivity index (χ3v) is 4.00. The van der Waals surface area contributed by atoms with Gasteiger partial charge in [0.15, 0.2) is 0 Å². The van der Waals surface area contributed by atoms with Crippen LogP contribution in [-0.2, 0) is 17.9 Å². The molecule has 1 atom stereocenters. The van der Waals surface area contributed by atoms with Crippen LogP contribution >= 0.6 is 0 Å². The smallest absolute Gasteiger partial charge is 0.223 e. The lowest BCUT2D eigenvalue weighted by molar-refractivity contribution is -0.131. The van der Waals surface area contributed by atoms with Crippen molar-refractivity contribution in [1.82, 2.24) is 4.90 Å². The molecule has 3 nitrogen and oxygen atoms in total. The average molecular weight is 275 g/mol. The number of fused-ring (bicyclic) bond motifs is 1. The molecule has 1 heterocycles. The highest BCUT2D eigenvalue weighted by molar-refractivity contribution is 5.77. The van der Waals surface area contributed by atoms with Gasteiger partial charge in [0, 0.05) is 19.5 Å². The molecule has 0 spiro atoms. The average Bonchev–Trinajstić information content (AvgIpc) is 2.87. The Hall–Kier alpha value is -1.35.